The van der Waals surface area contributed by atoms with Gasteiger partial charge in [-0.3, -0.25) is 4.99 Å². The van der Waals surface area contributed by atoms with Crippen molar-refractivity contribution in [1.29, 1.82) is 0 Å². The largest absolute Gasteiger partial charge is 0.494 e. The number of hydrogen-bond donors (Lipinski definition) is 2. The minimum Gasteiger partial charge on any atom is -0.494 e. The highest BCUT2D eigenvalue weighted by Crippen LogP contribution is 2.07. The molecule has 0 bridgehead atoms. The molecule has 1 aromatic heterocycles. The molecule has 0 amide bonds. The molecule has 0 aliphatic carbocycles. The summed E-state index contributed by atoms with van der Waals surface area (Å²) in [6.07, 6.45) is 5.04. The summed E-state index contributed by atoms with van der Waals surface area (Å²) in [4.78, 5) is 4.21. The van der Waals surface area contributed by atoms with E-state index in [1.165, 1.54) is 5.56 Å². The van der Waals surface area contributed by atoms with Crippen molar-refractivity contribution in [3.05, 3.63) is 54.4 Å². The van der Waals surface area contributed by atoms with Gasteiger partial charge in [-0.1, -0.05) is 18.2 Å². The average Bonchev–Trinajstić information content (AvgIpc) is 2.96. The van der Waals surface area contributed by atoms with E-state index < -0.39 is 0 Å². The molecule has 0 saturated carbocycles. The Labute approximate surface area is 132 Å². The second kappa shape index (κ2) is 8.77. The highest BCUT2D eigenvalue weighted by molar-refractivity contribution is 5.79. The van der Waals surface area contributed by atoms with Crippen LogP contribution in [0.15, 0.2) is 53.8 Å². The van der Waals surface area contributed by atoms with Crippen LogP contribution in [0.1, 0.15) is 12.0 Å². The Bertz CT molecular complexity index is 577. The van der Waals surface area contributed by atoms with Crippen molar-refractivity contribution in [1.82, 2.24) is 15.2 Å². The Morgan fingerprint density at radius 3 is 2.68 bits per heavy atom. The molecule has 0 radical (unpaired) electrons. The summed E-state index contributed by atoms with van der Waals surface area (Å²) in [5.41, 5.74) is 1.23. The second-order valence-corrected chi connectivity index (χ2v) is 5.05. The summed E-state index contributed by atoms with van der Waals surface area (Å²) in [5.74, 6) is 1.72. The lowest BCUT2D eigenvalue weighted by Crippen LogP contribution is -2.37. The van der Waals surface area contributed by atoms with Gasteiger partial charge in [0.05, 0.1) is 6.61 Å². The predicted molar refractivity (Wildman–Crippen MR) is 90.2 cm³/mol. The third-order valence-electron chi connectivity index (χ3n) is 3.20. The zero-order valence-electron chi connectivity index (χ0n) is 13.2. The predicted octanol–water partition coefficient (Wildman–Crippen LogP) is 2.16. The first kappa shape index (κ1) is 15.9. The van der Waals surface area contributed by atoms with Gasteiger partial charge in [0.1, 0.15) is 5.75 Å². The zero-order chi connectivity index (χ0) is 15.6. The summed E-state index contributed by atoms with van der Waals surface area (Å²) in [6.45, 7) is 2.27. The number of nitrogens with one attached hydrogen (secondary N) is 2. The van der Waals surface area contributed by atoms with E-state index in [0.717, 1.165) is 31.2 Å². The molecule has 22 heavy (non-hydrogen) atoms. The van der Waals surface area contributed by atoms with E-state index in [1.807, 2.05) is 48.1 Å². The molecule has 1 heterocycles. The van der Waals surface area contributed by atoms with Crippen LogP contribution in [-0.4, -0.2) is 30.7 Å². The lowest BCUT2D eigenvalue weighted by atomic mass is 10.3. The molecule has 5 nitrogen and oxygen atoms in total. The topological polar surface area (TPSA) is 50.6 Å². The number of benzene rings is 1. The number of aliphatic imine (C=N–C) groups is 1. The Balaban J connectivity index is 1.60. The number of para-hydroxylation sites is 1. The summed E-state index contributed by atoms with van der Waals surface area (Å²) in [6, 6.07) is 12.0. The third kappa shape index (κ3) is 5.52. The van der Waals surface area contributed by atoms with E-state index >= 15 is 0 Å². The quantitative estimate of drug-likeness (QED) is 0.468. The van der Waals surface area contributed by atoms with Gasteiger partial charge in [-0.25, -0.2) is 0 Å². The normalized spacial score (nSPS) is 11.3. The number of guanidine groups is 1. The standard InChI is InChI=1S/C17H24N4O/c1-18-17(20-13-15-9-11-21(2)14-15)19-10-6-12-22-16-7-4-3-5-8-16/h3-5,7-9,11,14H,6,10,12-13H2,1-2H3,(H2,18,19,20). The van der Waals surface area contributed by atoms with Crippen molar-refractivity contribution in [2.24, 2.45) is 12.0 Å². The van der Waals surface area contributed by atoms with Crippen LogP contribution in [0.4, 0.5) is 0 Å². The number of rotatable bonds is 7. The number of hydrogen-bond acceptors (Lipinski definition) is 2. The van der Waals surface area contributed by atoms with Crippen LogP contribution in [0.25, 0.3) is 0 Å². The number of ether oxygens (including phenoxy) is 1. The van der Waals surface area contributed by atoms with Crippen molar-refractivity contribution in [3.63, 3.8) is 0 Å². The van der Waals surface area contributed by atoms with Gasteiger partial charge in [0, 0.05) is 39.6 Å². The van der Waals surface area contributed by atoms with Crippen LogP contribution in [0.5, 0.6) is 5.75 Å². The van der Waals surface area contributed by atoms with Crippen LogP contribution in [0, 0.1) is 0 Å². The molecule has 118 valence electrons. The van der Waals surface area contributed by atoms with Crippen LogP contribution < -0.4 is 15.4 Å². The van der Waals surface area contributed by atoms with Gasteiger partial charge in [-0.15, -0.1) is 0 Å². The number of nitrogens with zero attached hydrogens (tertiary/aromatic N) is 2. The van der Waals surface area contributed by atoms with Crippen LogP contribution in [0.3, 0.4) is 0 Å². The molecule has 0 atom stereocenters. The van der Waals surface area contributed by atoms with Crippen LogP contribution in [-0.2, 0) is 13.6 Å². The van der Waals surface area contributed by atoms with Crippen molar-refractivity contribution in [2.75, 3.05) is 20.2 Å². The maximum atomic E-state index is 5.65. The summed E-state index contributed by atoms with van der Waals surface area (Å²) in [5, 5.41) is 6.58. The SMILES string of the molecule is CN=C(NCCCOc1ccccc1)NCc1ccn(C)c1. The minimum atomic E-state index is 0.687. The van der Waals surface area contributed by atoms with E-state index in [9.17, 15) is 0 Å². The van der Waals surface area contributed by atoms with Gasteiger partial charge in [0.15, 0.2) is 5.96 Å². The van der Waals surface area contributed by atoms with Crippen molar-refractivity contribution < 1.29 is 4.74 Å². The van der Waals surface area contributed by atoms with Crippen molar-refractivity contribution in [3.8, 4) is 5.75 Å². The number of aryl methyl sites for hydroxylation is 1. The lowest BCUT2D eigenvalue weighted by Gasteiger charge is -2.11. The minimum absolute atomic E-state index is 0.687. The average molecular weight is 300 g/mol. The van der Waals surface area contributed by atoms with Gasteiger partial charge >= 0.3 is 0 Å². The summed E-state index contributed by atoms with van der Waals surface area (Å²) < 4.78 is 7.69. The van der Waals surface area contributed by atoms with Crippen molar-refractivity contribution in [2.45, 2.75) is 13.0 Å². The molecule has 2 N–H and O–H groups in total. The fourth-order valence-corrected chi connectivity index (χ4v) is 2.06. The Hall–Kier alpha value is -2.43. The first-order valence-corrected chi connectivity index (χ1v) is 7.51. The lowest BCUT2D eigenvalue weighted by molar-refractivity contribution is 0.311. The Morgan fingerprint density at radius 1 is 1.18 bits per heavy atom. The zero-order valence-corrected chi connectivity index (χ0v) is 13.2. The maximum absolute atomic E-state index is 5.65. The molecule has 5 heteroatoms. The Morgan fingerprint density at radius 2 is 2.00 bits per heavy atom. The van der Waals surface area contributed by atoms with Crippen molar-refractivity contribution >= 4 is 5.96 Å². The molecule has 0 fully saturated rings. The van der Waals surface area contributed by atoms with Gasteiger partial charge in [0.25, 0.3) is 0 Å². The van der Waals surface area contributed by atoms with Gasteiger partial charge < -0.3 is 19.9 Å². The van der Waals surface area contributed by atoms with Crippen LogP contribution >= 0.6 is 0 Å². The molecular formula is C17H24N4O. The van der Waals surface area contributed by atoms with Crippen LogP contribution in [0.2, 0.25) is 0 Å². The summed E-state index contributed by atoms with van der Waals surface area (Å²) in [7, 11) is 3.80. The molecule has 2 aromatic rings. The third-order valence-corrected chi connectivity index (χ3v) is 3.20. The first-order valence-electron chi connectivity index (χ1n) is 7.51. The second-order valence-electron chi connectivity index (χ2n) is 5.05. The molecule has 2 rings (SSSR count). The highest BCUT2D eigenvalue weighted by Gasteiger charge is 1.99. The molecule has 0 spiro atoms. The van der Waals surface area contributed by atoms with E-state index in [4.69, 9.17) is 4.74 Å². The maximum Gasteiger partial charge on any atom is 0.191 e. The summed E-state index contributed by atoms with van der Waals surface area (Å²) >= 11 is 0. The molecule has 0 saturated heterocycles. The molecule has 1 aromatic carbocycles. The molecule has 0 aliphatic rings. The molecule has 0 aliphatic heterocycles. The van der Waals surface area contributed by atoms with Gasteiger partial charge in [-0.2, -0.15) is 0 Å². The van der Waals surface area contributed by atoms with Gasteiger partial charge in [0.2, 0.25) is 0 Å². The first-order chi connectivity index (χ1) is 10.8. The monoisotopic (exact) mass is 300 g/mol. The Kier molecular flexibility index (Phi) is 6.36. The highest BCUT2D eigenvalue weighted by atomic mass is 16.5. The van der Waals surface area contributed by atoms with Gasteiger partial charge in [-0.05, 0) is 30.2 Å². The van der Waals surface area contributed by atoms with E-state index in [2.05, 4.69) is 27.9 Å². The fraction of sp³-hybridized carbons (Fsp3) is 0.353. The smallest absolute Gasteiger partial charge is 0.191 e. The molecule has 0 unspecified atom stereocenters. The fourth-order valence-electron chi connectivity index (χ4n) is 2.06. The van der Waals surface area contributed by atoms with E-state index in [-0.39, 0.29) is 0 Å². The molecular weight excluding hydrogens is 276 g/mol. The van der Waals surface area contributed by atoms with E-state index in [0.29, 0.717) is 6.61 Å². The number of aromatic nitrogens is 1. The van der Waals surface area contributed by atoms with E-state index in [1.54, 1.807) is 7.05 Å².